The lowest BCUT2D eigenvalue weighted by atomic mass is 9.90. The zero-order valence-electron chi connectivity index (χ0n) is 35.1. The Labute approximate surface area is 317 Å². The van der Waals surface area contributed by atoms with Crippen LogP contribution in [0.1, 0.15) is 270 Å². The molecule has 0 aliphatic heterocycles. The van der Waals surface area contributed by atoms with Gasteiger partial charge in [-0.25, -0.2) is 4.57 Å². The van der Waals surface area contributed by atoms with Crippen molar-refractivity contribution in [3.8, 4) is 0 Å². The van der Waals surface area contributed by atoms with Gasteiger partial charge in [-0.05, 0) is 31.2 Å². The Bertz CT molecular complexity index is 770. The fourth-order valence-electron chi connectivity index (χ4n) is 8.22. The summed E-state index contributed by atoms with van der Waals surface area (Å²) < 4.78 is 2.51. The highest BCUT2D eigenvalue weighted by Crippen LogP contribution is 2.24. The van der Waals surface area contributed by atoms with Gasteiger partial charge in [-0.2, -0.15) is 0 Å². The van der Waals surface area contributed by atoms with Crippen LogP contribution >= 0.6 is 0 Å². The molecule has 1 nitrogen and oxygen atoms in total. The number of hydrogen-bond donors (Lipinski definition) is 0. The summed E-state index contributed by atoms with van der Waals surface area (Å²) in [6.45, 7) is 8.16. The number of aryl methyl sites for hydroxylation is 2. The zero-order chi connectivity index (χ0) is 35.8. The number of nitrogens with zero attached hydrogens (tertiary/aromatic N) is 1. The maximum Gasteiger partial charge on any atom is 0.171 e. The van der Waals surface area contributed by atoms with Crippen LogP contribution in [0.2, 0.25) is 0 Å². The van der Waals surface area contributed by atoms with Crippen LogP contribution < -0.4 is 4.57 Å². The summed E-state index contributed by atoms with van der Waals surface area (Å²) in [5, 5.41) is 0. The van der Waals surface area contributed by atoms with E-state index in [1.54, 1.807) is 5.56 Å². The highest BCUT2D eigenvalue weighted by molar-refractivity contribution is 5.05. The predicted octanol–water partition coefficient (Wildman–Crippen LogP) is 17.0. The van der Waals surface area contributed by atoms with Crippen molar-refractivity contribution < 1.29 is 4.57 Å². The standard InChI is InChI=1S/C49H94N/c1-4-7-10-13-16-19-21-23-25-27-30-33-36-41-48(40-35-32-29-18-15-12-9-6-3)43-38-45-50-46-39-44-49(47-50)42-37-34-31-28-26-24-22-20-17-14-11-8-5-2/h39,44,46-48H,4-38,40-43,45H2,1-3H3/q+1. The van der Waals surface area contributed by atoms with Crippen molar-refractivity contribution in [2.45, 2.75) is 278 Å². The molecule has 0 aliphatic rings. The molecule has 294 valence electrons. The van der Waals surface area contributed by atoms with Gasteiger partial charge in [0.05, 0.1) is 0 Å². The fraction of sp³-hybridized carbons (Fsp3) is 0.898. The van der Waals surface area contributed by atoms with Crippen LogP contribution in [0.25, 0.3) is 0 Å². The smallest absolute Gasteiger partial charge is 0.171 e. The van der Waals surface area contributed by atoms with Gasteiger partial charge in [-0.15, -0.1) is 0 Å². The molecule has 1 aromatic heterocycles. The van der Waals surface area contributed by atoms with E-state index in [0.29, 0.717) is 0 Å². The Balaban J connectivity index is 2.23. The second-order valence-electron chi connectivity index (χ2n) is 16.7. The molecule has 0 bridgehead atoms. The number of unbranched alkanes of at least 4 members (excludes halogenated alkanes) is 31. The Hall–Kier alpha value is -0.850. The van der Waals surface area contributed by atoms with Crippen LogP contribution in [0.4, 0.5) is 0 Å². The van der Waals surface area contributed by atoms with Crippen molar-refractivity contribution in [1.29, 1.82) is 0 Å². The molecule has 0 aliphatic carbocycles. The Morgan fingerprint density at radius 3 is 1.08 bits per heavy atom. The van der Waals surface area contributed by atoms with Crippen LogP contribution in [-0.4, -0.2) is 0 Å². The van der Waals surface area contributed by atoms with Gasteiger partial charge in [-0.1, -0.05) is 245 Å². The second-order valence-corrected chi connectivity index (χ2v) is 16.7. The van der Waals surface area contributed by atoms with Crippen molar-refractivity contribution in [3.63, 3.8) is 0 Å². The van der Waals surface area contributed by atoms with E-state index >= 15 is 0 Å². The molecule has 0 fully saturated rings. The van der Waals surface area contributed by atoms with Gasteiger partial charge in [0.15, 0.2) is 12.4 Å². The van der Waals surface area contributed by atoms with E-state index in [2.05, 4.69) is 49.9 Å². The molecule has 1 aromatic rings. The van der Waals surface area contributed by atoms with E-state index in [4.69, 9.17) is 0 Å². The monoisotopic (exact) mass is 697 g/mol. The van der Waals surface area contributed by atoms with Crippen LogP contribution in [0, 0.1) is 5.92 Å². The normalized spacial score (nSPS) is 12.2. The molecule has 1 rings (SSSR count). The minimum atomic E-state index is 0.956. The van der Waals surface area contributed by atoms with E-state index in [1.165, 1.54) is 257 Å². The molecule has 1 atom stereocenters. The van der Waals surface area contributed by atoms with Gasteiger partial charge in [-0.3, -0.25) is 0 Å². The van der Waals surface area contributed by atoms with Crippen molar-refractivity contribution >= 4 is 0 Å². The molecule has 50 heavy (non-hydrogen) atoms. The lowest BCUT2D eigenvalue weighted by molar-refractivity contribution is -0.697. The summed E-state index contributed by atoms with van der Waals surface area (Å²) in [4.78, 5) is 0. The number of pyridine rings is 1. The maximum atomic E-state index is 2.51. The first-order valence-corrected chi connectivity index (χ1v) is 23.8. The molecule has 0 amide bonds. The third kappa shape index (κ3) is 33.0. The van der Waals surface area contributed by atoms with Crippen molar-refractivity contribution in [2.75, 3.05) is 0 Å². The largest absolute Gasteiger partial charge is 0.205 e. The Kier molecular flexibility index (Phi) is 37.1. The molecular weight excluding hydrogens is 603 g/mol. The van der Waals surface area contributed by atoms with Gasteiger partial charge in [0.1, 0.15) is 6.54 Å². The third-order valence-corrected chi connectivity index (χ3v) is 11.7. The quantitative estimate of drug-likeness (QED) is 0.0474. The van der Waals surface area contributed by atoms with E-state index in [9.17, 15) is 0 Å². The topological polar surface area (TPSA) is 3.88 Å². The fourth-order valence-corrected chi connectivity index (χ4v) is 8.22. The summed E-state index contributed by atoms with van der Waals surface area (Å²) in [6.07, 6.45) is 61.1. The third-order valence-electron chi connectivity index (χ3n) is 11.7. The number of aromatic nitrogens is 1. The van der Waals surface area contributed by atoms with E-state index in [0.717, 1.165) is 5.92 Å². The molecule has 0 spiro atoms. The molecule has 1 heteroatoms. The van der Waals surface area contributed by atoms with Crippen LogP contribution in [0.15, 0.2) is 24.5 Å². The van der Waals surface area contributed by atoms with Gasteiger partial charge in [0.25, 0.3) is 0 Å². The average molecular weight is 697 g/mol. The van der Waals surface area contributed by atoms with E-state index in [-0.39, 0.29) is 0 Å². The van der Waals surface area contributed by atoms with Crippen LogP contribution in [0.5, 0.6) is 0 Å². The van der Waals surface area contributed by atoms with Gasteiger partial charge < -0.3 is 0 Å². The molecule has 0 N–H and O–H groups in total. The summed E-state index contributed by atoms with van der Waals surface area (Å²) in [5.41, 5.74) is 1.55. The van der Waals surface area contributed by atoms with E-state index in [1.807, 2.05) is 0 Å². The van der Waals surface area contributed by atoms with Crippen molar-refractivity contribution in [3.05, 3.63) is 30.1 Å². The first-order valence-electron chi connectivity index (χ1n) is 23.8. The second kappa shape index (κ2) is 39.4. The zero-order valence-corrected chi connectivity index (χ0v) is 35.1. The van der Waals surface area contributed by atoms with Gasteiger partial charge >= 0.3 is 0 Å². The molecule has 0 saturated heterocycles. The highest BCUT2D eigenvalue weighted by Gasteiger charge is 2.11. The summed E-state index contributed by atoms with van der Waals surface area (Å²) in [6, 6.07) is 4.68. The van der Waals surface area contributed by atoms with Crippen molar-refractivity contribution in [2.24, 2.45) is 5.92 Å². The molecule has 1 unspecified atom stereocenters. The SMILES string of the molecule is CCCCCCCCCCCCCCCc1ccc[n+](CCCC(CCCCCCCCCC)CCCCCCCCCCCCCCC)c1. The maximum absolute atomic E-state index is 2.51. The van der Waals surface area contributed by atoms with Gasteiger partial charge in [0, 0.05) is 18.1 Å². The predicted molar refractivity (Wildman–Crippen MR) is 226 cm³/mol. The first-order chi connectivity index (χ1) is 24.8. The van der Waals surface area contributed by atoms with Crippen LogP contribution in [-0.2, 0) is 13.0 Å². The minimum absolute atomic E-state index is 0.956. The lowest BCUT2D eigenvalue weighted by Crippen LogP contribution is -2.33. The van der Waals surface area contributed by atoms with Crippen LogP contribution in [0.3, 0.4) is 0 Å². The number of rotatable bonds is 41. The molecular formula is C49H94N+. The average Bonchev–Trinajstić information content (AvgIpc) is 3.13. The van der Waals surface area contributed by atoms with Crippen molar-refractivity contribution in [1.82, 2.24) is 0 Å². The highest BCUT2D eigenvalue weighted by atomic mass is 14.9. The molecule has 1 heterocycles. The Morgan fingerprint density at radius 2 is 0.700 bits per heavy atom. The minimum Gasteiger partial charge on any atom is -0.205 e. The molecule has 0 radical (unpaired) electrons. The lowest BCUT2D eigenvalue weighted by Gasteiger charge is -2.16. The summed E-state index contributed by atoms with van der Waals surface area (Å²) in [7, 11) is 0. The summed E-state index contributed by atoms with van der Waals surface area (Å²) in [5.74, 6) is 0.956. The Morgan fingerprint density at radius 1 is 0.380 bits per heavy atom. The number of hydrogen-bond acceptors (Lipinski definition) is 0. The molecule has 0 aromatic carbocycles. The van der Waals surface area contributed by atoms with Gasteiger partial charge in [0.2, 0.25) is 0 Å². The first kappa shape index (κ1) is 47.2. The molecule has 0 saturated carbocycles. The summed E-state index contributed by atoms with van der Waals surface area (Å²) >= 11 is 0. The van der Waals surface area contributed by atoms with E-state index < -0.39 is 0 Å².